The molecule has 1 saturated carbocycles. The van der Waals surface area contributed by atoms with Crippen LogP contribution in [0.25, 0.3) is 0 Å². The molecule has 1 spiro atoms. The maximum atomic E-state index is 14.3. The van der Waals surface area contributed by atoms with Gasteiger partial charge in [-0.1, -0.05) is 6.07 Å². The largest absolute Gasteiger partial charge is 0.508 e. The van der Waals surface area contributed by atoms with Gasteiger partial charge in [0.25, 0.3) is 0 Å². The lowest BCUT2D eigenvalue weighted by molar-refractivity contribution is -0.137. The fourth-order valence-electron chi connectivity index (χ4n) is 5.84. The molecule has 3 atom stereocenters. The fourth-order valence-corrected chi connectivity index (χ4v) is 5.84. The highest BCUT2D eigenvalue weighted by atomic mass is 19.1. The summed E-state index contributed by atoms with van der Waals surface area (Å²) in [4.78, 5) is 27.1. The van der Waals surface area contributed by atoms with Gasteiger partial charge in [0, 0.05) is 11.6 Å². The number of nitrogens with zero attached hydrogens (tertiary/aromatic N) is 1. The maximum absolute atomic E-state index is 14.3. The van der Waals surface area contributed by atoms with Gasteiger partial charge >= 0.3 is 6.09 Å². The summed E-state index contributed by atoms with van der Waals surface area (Å²) in [6.45, 7) is 7.95. The minimum absolute atomic E-state index is 0.00250. The van der Waals surface area contributed by atoms with Crippen molar-refractivity contribution in [2.45, 2.75) is 95.0 Å². The van der Waals surface area contributed by atoms with Crippen molar-refractivity contribution < 1.29 is 33.3 Å². The predicted octanol–water partition coefficient (Wildman–Crippen LogP) is 3.86. The first-order valence-electron chi connectivity index (χ1n) is 12.5. The molecule has 35 heavy (non-hydrogen) atoms. The minimum atomic E-state index is -0.734. The Hall–Kier alpha value is -2.39. The molecular formula is C26H37FN2O6. The molecule has 2 aliphatic heterocycles. The number of amides is 2. The highest BCUT2D eigenvalue weighted by Crippen LogP contribution is 2.41. The number of carbonyl (C=O) groups excluding carboxylic acids is 2. The molecule has 0 radical (unpaired) electrons. The molecule has 2 amide bonds. The van der Waals surface area contributed by atoms with Crippen LogP contribution in [0.5, 0.6) is 5.75 Å². The SMILES string of the molecule is C[C@@H]1CC2(COCC(=O)N2)C(CO[C@H]2CC[C@@H](c3c(O)cccc3F)CC2)N1C(=O)OC(C)(C)C. The first-order chi connectivity index (χ1) is 16.5. The van der Waals surface area contributed by atoms with Crippen LogP contribution in [0.15, 0.2) is 18.2 Å². The third-order valence-electron chi connectivity index (χ3n) is 7.30. The standard InChI is InChI=1S/C26H37FN2O6/c1-16-12-26(15-33-14-22(31)28-26)21(29(16)24(32)35-25(2,3)4)13-34-18-10-8-17(9-11-18)23-19(27)6-5-7-20(23)30/h5-7,16-18,21,30H,8-15H2,1-4H3,(H,28,31)/t16-,17-,18+,21?,26?/m1/s1. The molecule has 2 N–H and O–H groups in total. The number of likely N-dealkylation sites (tertiary alicyclic amines) is 1. The molecule has 0 bridgehead atoms. The van der Waals surface area contributed by atoms with Gasteiger partial charge in [-0.05, 0) is 77.8 Å². The Balaban J connectivity index is 1.45. The first kappa shape index (κ1) is 25.7. The quantitative estimate of drug-likeness (QED) is 0.663. The maximum Gasteiger partial charge on any atom is 0.410 e. The number of halogens is 1. The zero-order valence-electron chi connectivity index (χ0n) is 21.0. The lowest BCUT2D eigenvalue weighted by Gasteiger charge is -2.41. The average molecular weight is 493 g/mol. The summed E-state index contributed by atoms with van der Waals surface area (Å²) in [6.07, 6.45) is 2.86. The third kappa shape index (κ3) is 5.56. The van der Waals surface area contributed by atoms with E-state index in [1.165, 1.54) is 18.2 Å². The van der Waals surface area contributed by atoms with E-state index in [-0.39, 0.29) is 48.8 Å². The van der Waals surface area contributed by atoms with E-state index in [1.807, 2.05) is 27.7 Å². The summed E-state index contributed by atoms with van der Waals surface area (Å²) in [7, 11) is 0. The molecule has 2 saturated heterocycles. The van der Waals surface area contributed by atoms with Gasteiger partial charge in [0.2, 0.25) is 5.91 Å². The summed E-state index contributed by atoms with van der Waals surface area (Å²) < 4.78 is 31.9. The summed E-state index contributed by atoms with van der Waals surface area (Å²) in [5, 5.41) is 13.2. The minimum Gasteiger partial charge on any atom is -0.508 e. The van der Waals surface area contributed by atoms with E-state index in [4.69, 9.17) is 14.2 Å². The fraction of sp³-hybridized carbons (Fsp3) is 0.692. The van der Waals surface area contributed by atoms with Gasteiger partial charge in [0.15, 0.2) is 0 Å². The second-order valence-electron chi connectivity index (χ2n) is 11.1. The van der Waals surface area contributed by atoms with E-state index < -0.39 is 23.3 Å². The van der Waals surface area contributed by atoms with Gasteiger partial charge in [-0.3, -0.25) is 9.69 Å². The Labute approximate surface area is 206 Å². The molecule has 1 aromatic rings. The topological polar surface area (TPSA) is 97.3 Å². The van der Waals surface area contributed by atoms with Crippen LogP contribution in [0.4, 0.5) is 9.18 Å². The van der Waals surface area contributed by atoms with Crippen molar-refractivity contribution in [2.24, 2.45) is 0 Å². The normalized spacial score (nSPS) is 31.5. The Morgan fingerprint density at radius 2 is 2.00 bits per heavy atom. The number of phenolic OH excluding ortho intramolecular Hbond substituents is 1. The number of nitrogens with one attached hydrogen (secondary N) is 1. The number of carbonyl (C=O) groups is 2. The van der Waals surface area contributed by atoms with Crippen molar-refractivity contribution >= 4 is 12.0 Å². The molecule has 194 valence electrons. The summed E-state index contributed by atoms with van der Waals surface area (Å²) in [6, 6.07) is 3.80. The van der Waals surface area contributed by atoms with Crippen LogP contribution >= 0.6 is 0 Å². The number of morpholine rings is 1. The van der Waals surface area contributed by atoms with Gasteiger partial charge in [-0.2, -0.15) is 0 Å². The zero-order chi connectivity index (χ0) is 25.4. The Morgan fingerprint density at radius 3 is 2.63 bits per heavy atom. The summed E-state index contributed by atoms with van der Waals surface area (Å²) in [5.41, 5.74) is -1.00. The monoisotopic (exact) mass is 492 g/mol. The second-order valence-corrected chi connectivity index (χ2v) is 11.1. The van der Waals surface area contributed by atoms with Gasteiger partial charge in [0.05, 0.1) is 30.9 Å². The molecule has 2 heterocycles. The van der Waals surface area contributed by atoms with E-state index >= 15 is 0 Å². The Bertz CT molecular complexity index is 922. The molecular weight excluding hydrogens is 455 g/mol. The zero-order valence-corrected chi connectivity index (χ0v) is 21.0. The van der Waals surface area contributed by atoms with Gasteiger partial charge < -0.3 is 24.6 Å². The number of hydrogen-bond donors (Lipinski definition) is 2. The predicted molar refractivity (Wildman–Crippen MR) is 127 cm³/mol. The molecule has 9 heteroatoms. The van der Waals surface area contributed by atoms with Crippen molar-refractivity contribution in [1.29, 1.82) is 0 Å². The summed E-state index contributed by atoms with van der Waals surface area (Å²) >= 11 is 0. The van der Waals surface area contributed by atoms with Crippen LogP contribution in [0.1, 0.15) is 71.3 Å². The Morgan fingerprint density at radius 1 is 1.29 bits per heavy atom. The van der Waals surface area contributed by atoms with Crippen LogP contribution in [-0.2, 0) is 19.0 Å². The summed E-state index contributed by atoms with van der Waals surface area (Å²) in [5.74, 6) is -0.641. The van der Waals surface area contributed by atoms with Crippen LogP contribution in [-0.4, -0.2) is 71.2 Å². The number of hydrogen-bond acceptors (Lipinski definition) is 6. The molecule has 2 unspecified atom stereocenters. The number of aromatic hydroxyl groups is 1. The van der Waals surface area contributed by atoms with E-state index in [2.05, 4.69) is 5.32 Å². The van der Waals surface area contributed by atoms with E-state index in [9.17, 15) is 19.1 Å². The van der Waals surface area contributed by atoms with E-state index in [1.54, 1.807) is 4.90 Å². The van der Waals surface area contributed by atoms with Crippen LogP contribution in [0.2, 0.25) is 0 Å². The molecule has 1 aliphatic carbocycles. The van der Waals surface area contributed by atoms with Crippen LogP contribution < -0.4 is 5.32 Å². The van der Waals surface area contributed by atoms with E-state index in [0.717, 1.165) is 0 Å². The average Bonchev–Trinajstić information content (AvgIpc) is 3.01. The smallest absolute Gasteiger partial charge is 0.410 e. The highest BCUT2D eigenvalue weighted by Gasteiger charge is 2.56. The second kappa shape index (κ2) is 9.93. The van der Waals surface area contributed by atoms with Crippen molar-refractivity contribution in [2.75, 3.05) is 19.8 Å². The van der Waals surface area contributed by atoms with Gasteiger partial charge in [-0.15, -0.1) is 0 Å². The number of rotatable bonds is 4. The lowest BCUT2D eigenvalue weighted by atomic mass is 9.82. The Kier molecular flexibility index (Phi) is 7.29. The number of ether oxygens (including phenoxy) is 3. The molecule has 0 aromatic heterocycles. The molecule has 3 fully saturated rings. The number of phenols is 1. The molecule has 8 nitrogen and oxygen atoms in total. The van der Waals surface area contributed by atoms with Crippen molar-refractivity contribution in [1.82, 2.24) is 10.2 Å². The molecule has 1 aromatic carbocycles. The lowest BCUT2D eigenvalue weighted by Crippen LogP contribution is -2.65. The van der Waals surface area contributed by atoms with Crippen molar-refractivity contribution in [3.8, 4) is 5.75 Å². The molecule has 4 rings (SSSR count). The highest BCUT2D eigenvalue weighted by molar-refractivity contribution is 5.79. The third-order valence-corrected chi connectivity index (χ3v) is 7.30. The number of benzene rings is 1. The van der Waals surface area contributed by atoms with Crippen LogP contribution in [0, 0.1) is 5.82 Å². The van der Waals surface area contributed by atoms with Crippen molar-refractivity contribution in [3.63, 3.8) is 0 Å². The van der Waals surface area contributed by atoms with Gasteiger partial charge in [-0.25, -0.2) is 9.18 Å². The molecule has 3 aliphatic rings. The van der Waals surface area contributed by atoms with Crippen LogP contribution in [0.3, 0.4) is 0 Å². The van der Waals surface area contributed by atoms with Gasteiger partial charge in [0.1, 0.15) is 23.8 Å². The van der Waals surface area contributed by atoms with Crippen molar-refractivity contribution in [3.05, 3.63) is 29.6 Å². The first-order valence-corrected chi connectivity index (χ1v) is 12.5. The van der Waals surface area contributed by atoms with E-state index in [0.29, 0.717) is 44.3 Å².